The van der Waals surface area contributed by atoms with Gasteiger partial charge in [-0.25, -0.2) is 9.18 Å². The van der Waals surface area contributed by atoms with Gasteiger partial charge in [0.05, 0.1) is 10.9 Å². The van der Waals surface area contributed by atoms with Crippen LogP contribution < -0.4 is 11.2 Å². The summed E-state index contributed by atoms with van der Waals surface area (Å²) in [5.74, 6) is -0.432. The summed E-state index contributed by atoms with van der Waals surface area (Å²) in [7, 11) is 1.42. The average Bonchev–Trinajstić information content (AvgIpc) is 2.51. The minimum atomic E-state index is -0.527. The van der Waals surface area contributed by atoms with Crippen LogP contribution in [0, 0.1) is 12.2 Å². The van der Waals surface area contributed by atoms with E-state index in [9.17, 15) is 14.0 Å². The number of hydrogen-bond acceptors (Lipinski definition) is 3. The first-order valence-corrected chi connectivity index (χ1v) is 7.52. The van der Waals surface area contributed by atoms with Gasteiger partial charge in [0.1, 0.15) is 5.82 Å². The molecule has 5 nitrogen and oxygen atoms in total. The predicted octanol–water partition coefficient (Wildman–Crippen LogP) is 1.21. The van der Waals surface area contributed by atoms with Crippen LogP contribution in [0.15, 0.2) is 21.7 Å². The number of aromatic amines is 1. The molecule has 22 heavy (non-hydrogen) atoms. The van der Waals surface area contributed by atoms with E-state index in [0.29, 0.717) is 17.4 Å². The number of aromatic nitrogens is 2. The molecule has 6 heteroatoms. The zero-order valence-electron chi connectivity index (χ0n) is 12.6. The van der Waals surface area contributed by atoms with Crippen LogP contribution in [0.3, 0.4) is 0 Å². The van der Waals surface area contributed by atoms with Crippen LogP contribution in [-0.4, -0.2) is 34.1 Å². The molecule has 0 saturated carbocycles. The zero-order valence-corrected chi connectivity index (χ0v) is 12.6. The van der Waals surface area contributed by atoms with Gasteiger partial charge in [0, 0.05) is 13.6 Å². The molecule has 117 valence electrons. The molecule has 1 fully saturated rings. The normalized spacial score (nSPS) is 16.3. The second kappa shape index (κ2) is 6.04. The van der Waals surface area contributed by atoms with Crippen molar-refractivity contribution < 1.29 is 4.39 Å². The van der Waals surface area contributed by atoms with Crippen molar-refractivity contribution in [2.24, 2.45) is 7.05 Å². The molecule has 2 aromatic rings. The SMILES string of the molecule is Cn1c(=O)[nH]c2cc(F)cc(CCN3CC[CH]CC3)c2c1=O. The van der Waals surface area contributed by atoms with E-state index in [1.165, 1.54) is 19.2 Å². The summed E-state index contributed by atoms with van der Waals surface area (Å²) in [6, 6.07) is 2.61. The quantitative estimate of drug-likeness (QED) is 0.927. The smallest absolute Gasteiger partial charge is 0.307 e. The molecule has 1 aliphatic rings. The Balaban J connectivity index is 1.99. The predicted molar refractivity (Wildman–Crippen MR) is 83.4 cm³/mol. The van der Waals surface area contributed by atoms with Crippen LogP contribution in [-0.2, 0) is 13.5 Å². The number of likely N-dealkylation sites (tertiary alicyclic amines) is 1. The minimum Gasteiger partial charge on any atom is -0.307 e. The maximum Gasteiger partial charge on any atom is 0.328 e. The monoisotopic (exact) mass is 304 g/mol. The van der Waals surface area contributed by atoms with Crippen molar-refractivity contribution in [3.63, 3.8) is 0 Å². The molecule has 1 aromatic carbocycles. The standard InChI is InChI=1S/C16H19FN3O2/c1-19-15(21)14-11(5-8-20-6-3-2-4-7-20)9-12(17)10-13(14)18-16(19)22/h2,9-10H,3-8H2,1H3,(H,18,22). The van der Waals surface area contributed by atoms with E-state index >= 15 is 0 Å². The third-order valence-electron chi connectivity index (χ3n) is 4.25. The number of benzene rings is 1. The van der Waals surface area contributed by atoms with E-state index in [0.717, 1.165) is 37.0 Å². The van der Waals surface area contributed by atoms with E-state index in [1.54, 1.807) is 0 Å². The van der Waals surface area contributed by atoms with Crippen LogP contribution in [0.2, 0.25) is 0 Å². The lowest BCUT2D eigenvalue weighted by atomic mass is 10.0. The first kappa shape index (κ1) is 15.0. The van der Waals surface area contributed by atoms with Crippen molar-refractivity contribution >= 4 is 10.9 Å². The van der Waals surface area contributed by atoms with Gasteiger partial charge in [0.15, 0.2) is 0 Å². The summed E-state index contributed by atoms with van der Waals surface area (Å²) in [6.45, 7) is 2.79. The first-order valence-electron chi connectivity index (χ1n) is 7.52. The van der Waals surface area contributed by atoms with E-state index in [2.05, 4.69) is 16.3 Å². The van der Waals surface area contributed by atoms with Gasteiger partial charge in [-0.3, -0.25) is 9.36 Å². The molecule has 1 radical (unpaired) electrons. The average molecular weight is 304 g/mol. The fourth-order valence-corrected chi connectivity index (χ4v) is 2.98. The molecule has 1 aromatic heterocycles. The summed E-state index contributed by atoms with van der Waals surface area (Å²) >= 11 is 0. The number of nitrogens with zero attached hydrogens (tertiary/aromatic N) is 2. The molecule has 3 rings (SSSR count). The number of H-pyrrole nitrogens is 1. The Kier molecular flexibility index (Phi) is 4.11. The highest BCUT2D eigenvalue weighted by atomic mass is 19.1. The van der Waals surface area contributed by atoms with E-state index < -0.39 is 11.5 Å². The van der Waals surface area contributed by atoms with Gasteiger partial charge in [-0.05, 0) is 56.5 Å². The molecule has 2 heterocycles. The van der Waals surface area contributed by atoms with Gasteiger partial charge in [0.25, 0.3) is 5.56 Å². The molecule has 0 bridgehead atoms. The lowest BCUT2D eigenvalue weighted by Crippen LogP contribution is -2.34. The van der Waals surface area contributed by atoms with E-state index in [1.807, 2.05) is 0 Å². The van der Waals surface area contributed by atoms with Crippen molar-refractivity contribution in [2.75, 3.05) is 19.6 Å². The van der Waals surface area contributed by atoms with Crippen molar-refractivity contribution in [3.8, 4) is 0 Å². The Bertz CT molecular complexity index is 803. The van der Waals surface area contributed by atoms with E-state index in [4.69, 9.17) is 0 Å². The van der Waals surface area contributed by atoms with Gasteiger partial charge in [-0.2, -0.15) is 0 Å². The molecule has 0 amide bonds. The second-order valence-corrected chi connectivity index (χ2v) is 5.74. The van der Waals surface area contributed by atoms with Gasteiger partial charge < -0.3 is 9.88 Å². The molecule has 1 saturated heterocycles. The highest BCUT2D eigenvalue weighted by Crippen LogP contribution is 2.17. The summed E-state index contributed by atoms with van der Waals surface area (Å²) in [5, 5.41) is 0.409. The van der Waals surface area contributed by atoms with Crippen molar-refractivity contribution in [1.82, 2.24) is 14.5 Å². The molecule has 0 aliphatic carbocycles. The summed E-state index contributed by atoms with van der Waals surface area (Å²) < 4.78 is 14.8. The zero-order chi connectivity index (χ0) is 15.7. The van der Waals surface area contributed by atoms with Crippen LogP contribution in [0.4, 0.5) is 4.39 Å². The number of halogens is 1. The van der Waals surface area contributed by atoms with Crippen molar-refractivity contribution in [2.45, 2.75) is 19.3 Å². The van der Waals surface area contributed by atoms with Crippen LogP contribution in [0.5, 0.6) is 0 Å². The highest BCUT2D eigenvalue weighted by molar-refractivity contribution is 5.81. The van der Waals surface area contributed by atoms with Crippen LogP contribution in [0.1, 0.15) is 18.4 Å². The summed E-state index contributed by atoms with van der Waals surface area (Å²) in [5.41, 5.74) is 0.0258. The lowest BCUT2D eigenvalue weighted by molar-refractivity contribution is 0.257. The Morgan fingerprint density at radius 2 is 1.95 bits per heavy atom. The molecule has 0 unspecified atom stereocenters. The Morgan fingerprint density at radius 1 is 1.23 bits per heavy atom. The van der Waals surface area contributed by atoms with E-state index in [-0.39, 0.29) is 11.1 Å². The molecule has 0 atom stereocenters. The van der Waals surface area contributed by atoms with Crippen LogP contribution in [0.25, 0.3) is 10.9 Å². The Labute approximate surface area is 127 Å². The van der Waals surface area contributed by atoms with Gasteiger partial charge in [-0.15, -0.1) is 0 Å². The maximum atomic E-state index is 13.8. The molecular weight excluding hydrogens is 285 g/mol. The fourth-order valence-electron chi connectivity index (χ4n) is 2.98. The van der Waals surface area contributed by atoms with Gasteiger partial charge >= 0.3 is 5.69 Å². The van der Waals surface area contributed by atoms with Crippen molar-refractivity contribution in [1.29, 1.82) is 0 Å². The number of piperidine rings is 1. The Morgan fingerprint density at radius 3 is 2.68 bits per heavy atom. The fraction of sp³-hybridized carbons (Fsp3) is 0.438. The summed E-state index contributed by atoms with van der Waals surface area (Å²) in [4.78, 5) is 28.9. The van der Waals surface area contributed by atoms with Crippen molar-refractivity contribution in [3.05, 3.63) is 50.8 Å². The van der Waals surface area contributed by atoms with Crippen LogP contribution >= 0.6 is 0 Å². The highest BCUT2D eigenvalue weighted by Gasteiger charge is 2.14. The Hall–Kier alpha value is -1.95. The second-order valence-electron chi connectivity index (χ2n) is 5.74. The number of rotatable bonds is 3. The molecule has 1 N–H and O–H groups in total. The lowest BCUT2D eigenvalue weighted by Gasteiger charge is -2.26. The largest absolute Gasteiger partial charge is 0.328 e. The topological polar surface area (TPSA) is 58.1 Å². The molecular formula is C16H19FN3O2. The number of nitrogens with one attached hydrogen (secondary N) is 1. The molecule has 0 spiro atoms. The van der Waals surface area contributed by atoms with Gasteiger partial charge in [-0.1, -0.05) is 0 Å². The number of hydrogen-bond donors (Lipinski definition) is 1. The minimum absolute atomic E-state index is 0.273. The van der Waals surface area contributed by atoms with Gasteiger partial charge in [0.2, 0.25) is 0 Å². The third kappa shape index (κ3) is 2.83. The molecule has 1 aliphatic heterocycles. The maximum absolute atomic E-state index is 13.8. The summed E-state index contributed by atoms with van der Waals surface area (Å²) in [6.07, 6.45) is 5.00. The third-order valence-corrected chi connectivity index (χ3v) is 4.25. The number of fused-ring (bicyclic) bond motifs is 1. The first-order chi connectivity index (χ1) is 10.6.